The maximum Gasteiger partial charge on any atom is 0.265 e. The molecule has 0 bridgehead atoms. The number of para-hydroxylation sites is 1. The van der Waals surface area contributed by atoms with Gasteiger partial charge in [0.1, 0.15) is 5.39 Å². The van der Waals surface area contributed by atoms with Crippen LogP contribution < -0.4 is 10.9 Å². The molecule has 1 saturated heterocycles. The van der Waals surface area contributed by atoms with Gasteiger partial charge in [0, 0.05) is 31.8 Å². The normalized spacial score (nSPS) is 18.5. The van der Waals surface area contributed by atoms with Crippen molar-refractivity contribution < 1.29 is 9.53 Å². The Labute approximate surface area is 196 Å². The summed E-state index contributed by atoms with van der Waals surface area (Å²) in [7, 11) is 0. The van der Waals surface area contributed by atoms with Gasteiger partial charge in [-0.15, -0.1) is 0 Å². The number of carbonyl (C=O) groups excluding carboxylic acids is 1. The average Bonchev–Trinajstić information content (AvgIpc) is 3.43. The molecule has 1 amide bonds. The molecule has 33 heavy (non-hydrogen) atoms. The van der Waals surface area contributed by atoms with E-state index in [0.29, 0.717) is 28.5 Å². The van der Waals surface area contributed by atoms with Crippen LogP contribution in [-0.4, -0.2) is 75.3 Å². The fourth-order valence-corrected chi connectivity index (χ4v) is 5.53. The number of benzene rings is 1. The Hall–Kier alpha value is -2.69. The number of hydrogen-bond donors (Lipinski definition) is 1. The van der Waals surface area contributed by atoms with Crippen LogP contribution >= 0.6 is 11.8 Å². The lowest BCUT2D eigenvalue weighted by Gasteiger charge is -2.26. The number of amides is 1. The number of ether oxygens (including phenoxy) is 1. The van der Waals surface area contributed by atoms with Gasteiger partial charge in [-0.3, -0.25) is 19.1 Å². The van der Waals surface area contributed by atoms with Gasteiger partial charge in [0.05, 0.1) is 31.1 Å². The van der Waals surface area contributed by atoms with Crippen molar-refractivity contribution in [1.82, 2.24) is 29.5 Å². The van der Waals surface area contributed by atoms with Crippen molar-refractivity contribution >= 4 is 28.7 Å². The molecule has 0 radical (unpaired) electrons. The maximum atomic E-state index is 13.3. The van der Waals surface area contributed by atoms with E-state index in [-0.39, 0.29) is 23.9 Å². The van der Waals surface area contributed by atoms with Crippen LogP contribution in [-0.2, 0) is 9.53 Å². The topological polar surface area (TPSA) is 94.3 Å². The van der Waals surface area contributed by atoms with Gasteiger partial charge >= 0.3 is 0 Å². The van der Waals surface area contributed by atoms with Gasteiger partial charge in [-0.1, -0.05) is 30.0 Å². The van der Waals surface area contributed by atoms with E-state index >= 15 is 0 Å². The van der Waals surface area contributed by atoms with Crippen LogP contribution in [0.2, 0.25) is 0 Å². The molecule has 5 rings (SSSR count). The number of nitrogens with zero attached hydrogens (tertiary/aromatic N) is 5. The monoisotopic (exact) mass is 468 g/mol. The molecular weight excluding hydrogens is 440 g/mol. The Kier molecular flexibility index (Phi) is 6.48. The van der Waals surface area contributed by atoms with Gasteiger partial charge in [0.15, 0.2) is 10.8 Å². The first-order valence-electron chi connectivity index (χ1n) is 11.4. The summed E-state index contributed by atoms with van der Waals surface area (Å²) >= 11 is 1.52. The lowest BCUT2D eigenvalue weighted by atomic mass is 10.2. The number of thioether (sulfide) groups is 1. The number of carbonyl (C=O) groups is 1. The minimum atomic E-state index is -0.199. The van der Waals surface area contributed by atoms with Gasteiger partial charge in [0.2, 0.25) is 5.91 Å². The Bertz CT molecular complexity index is 1220. The average molecular weight is 469 g/mol. The Balaban J connectivity index is 1.26. The van der Waals surface area contributed by atoms with E-state index in [1.807, 2.05) is 31.2 Å². The van der Waals surface area contributed by atoms with Crippen LogP contribution in [0.25, 0.3) is 16.7 Å². The standard InChI is InChI=1S/C23H28N6O3S/c1-16-5-2-3-6-19(16)29-21-18(14-25-29)22(31)28-17(15-33-23(28)26-21)13-20(30)24-7-4-8-27-9-11-32-12-10-27/h2-3,5-6,14,17H,4,7-13,15H2,1H3,(H,24,30). The Morgan fingerprint density at radius 3 is 2.91 bits per heavy atom. The maximum absolute atomic E-state index is 13.3. The molecule has 1 N–H and O–H groups in total. The predicted molar refractivity (Wildman–Crippen MR) is 127 cm³/mol. The third-order valence-corrected chi connectivity index (χ3v) is 7.31. The highest BCUT2D eigenvalue weighted by molar-refractivity contribution is 7.99. The summed E-state index contributed by atoms with van der Waals surface area (Å²) in [6.45, 7) is 7.07. The lowest BCUT2D eigenvalue weighted by Crippen LogP contribution is -2.38. The molecule has 4 heterocycles. The van der Waals surface area contributed by atoms with Crippen molar-refractivity contribution in [2.24, 2.45) is 0 Å². The zero-order valence-corrected chi connectivity index (χ0v) is 19.5. The molecule has 0 spiro atoms. The first kappa shape index (κ1) is 22.1. The van der Waals surface area contributed by atoms with E-state index in [9.17, 15) is 9.59 Å². The number of aromatic nitrogens is 4. The summed E-state index contributed by atoms with van der Waals surface area (Å²) < 4.78 is 8.76. The smallest absolute Gasteiger partial charge is 0.265 e. The van der Waals surface area contributed by atoms with Gasteiger partial charge in [-0.25, -0.2) is 9.67 Å². The third-order valence-electron chi connectivity index (χ3n) is 6.21. The summed E-state index contributed by atoms with van der Waals surface area (Å²) in [5, 5.41) is 8.57. The number of fused-ring (bicyclic) bond motifs is 2. The second-order valence-corrected chi connectivity index (χ2v) is 9.46. The van der Waals surface area contributed by atoms with E-state index < -0.39 is 0 Å². The molecule has 1 atom stereocenters. The van der Waals surface area contributed by atoms with Crippen molar-refractivity contribution in [2.45, 2.75) is 31.0 Å². The lowest BCUT2D eigenvalue weighted by molar-refractivity contribution is -0.121. The largest absolute Gasteiger partial charge is 0.379 e. The fourth-order valence-electron chi connectivity index (χ4n) is 4.40. The van der Waals surface area contributed by atoms with Gasteiger partial charge in [-0.05, 0) is 31.5 Å². The SMILES string of the molecule is Cc1ccccc1-n1ncc2c(=O)n3c(nc21)SCC3CC(=O)NCCCN1CCOCC1. The predicted octanol–water partition coefficient (Wildman–Crippen LogP) is 1.77. The highest BCUT2D eigenvalue weighted by Gasteiger charge is 2.29. The summed E-state index contributed by atoms with van der Waals surface area (Å²) in [5.74, 6) is 0.631. The van der Waals surface area contributed by atoms with Crippen LogP contribution in [0.4, 0.5) is 0 Å². The minimum Gasteiger partial charge on any atom is -0.379 e. The van der Waals surface area contributed by atoms with Crippen LogP contribution in [0.15, 0.2) is 40.4 Å². The molecular formula is C23H28N6O3S. The second-order valence-electron chi connectivity index (χ2n) is 8.48. The second kappa shape index (κ2) is 9.66. The van der Waals surface area contributed by atoms with E-state index in [2.05, 4.69) is 15.3 Å². The van der Waals surface area contributed by atoms with Crippen molar-refractivity contribution in [3.63, 3.8) is 0 Å². The molecule has 1 aromatic carbocycles. The van der Waals surface area contributed by atoms with Crippen molar-refractivity contribution in [1.29, 1.82) is 0 Å². The highest BCUT2D eigenvalue weighted by Crippen LogP contribution is 2.33. The quantitative estimate of drug-likeness (QED) is 0.417. The molecule has 2 aliphatic heterocycles. The summed E-state index contributed by atoms with van der Waals surface area (Å²) in [5.41, 5.74) is 2.38. The first-order chi connectivity index (χ1) is 16.1. The fraction of sp³-hybridized carbons (Fsp3) is 0.478. The molecule has 2 aliphatic rings. The molecule has 10 heteroatoms. The molecule has 3 aromatic rings. The molecule has 9 nitrogen and oxygen atoms in total. The van der Waals surface area contributed by atoms with Crippen molar-refractivity contribution in [3.8, 4) is 5.69 Å². The molecule has 2 aromatic heterocycles. The summed E-state index contributed by atoms with van der Waals surface area (Å²) in [4.78, 5) is 33.0. The minimum absolute atomic E-state index is 0.0296. The van der Waals surface area contributed by atoms with Crippen LogP contribution in [0, 0.1) is 6.92 Å². The van der Waals surface area contributed by atoms with Crippen LogP contribution in [0.3, 0.4) is 0 Å². The zero-order valence-electron chi connectivity index (χ0n) is 18.7. The van der Waals surface area contributed by atoms with E-state index in [4.69, 9.17) is 9.72 Å². The van der Waals surface area contributed by atoms with E-state index in [1.165, 1.54) is 11.8 Å². The van der Waals surface area contributed by atoms with Gasteiger partial charge in [0.25, 0.3) is 5.56 Å². The molecule has 174 valence electrons. The molecule has 0 saturated carbocycles. The van der Waals surface area contributed by atoms with E-state index in [0.717, 1.165) is 50.5 Å². The Morgan fingerprint density at radius 2 is 2.09 bits per heavy atom. The van der Waals surface area contributed by atoms with Gasteiger partial charge in [-0.2, -0.15) is 5.10 Å². The molecule has 0 aliphatic carbocycles. The Morgan fingerprint density at radius 1 is 1.27 bits per heavy atom. The van der Waals surface area contributed by atoms with Crippen molar-refractivity contribution in [3.05, 3.63) is 46.4 Å². The van der Waals surface area contributed by atoms with Crippen LogP contribution in [0.1, 0.15) is 24.4 Å². The number of aryl methyl sites for hydroxylation is 1. The summed E-state index contributed by atoms with van der Waals surface area (Å²) in [6, 6.07) is 7.69. The third kappa shape index (κ3) is 4.55. The summed E-state index contributed by atoms with van der Waals surface area (Å²) in [6.07, 6.45) is 2.76. The zero-order chi connectivity index (χ0) is 22.8. The highest BCUT2D eigenvalue weighted by atomic mass is 32.2. The number of nitrogens with one attached hydrogen (secondary N) is 1. The first-order valence-corrected chi connectivity index (χ1v) is 12.4. The van der Waals surface area contributed by atoms with Gasteiger partial charge < -0.3 is 10.1 Å². The number of hydrogen-bond acceptors (Lipinski definition) is 7. The molecule has 1 fully saturated rings. The van der Waals surface area contributed by atoms with Crippen LogP contribution in [0.5, 0.6) is 0 Å². The molecule has 1 unspecified atom stereocenters. The van der Waals surface area contributed by atoms with Crippen molar-refractivity contribution in [2.75, 3.05) is 45.1 Å². The van der Waals surface area contributed by atoms with E-state index in [1.54, 1.807) is 15.4 Å². The number of morpholine rings is 1. The number of rotatable bonds is 7.